The number of hydrogen-bond acceptors (Lipinski definition) is 3. The Morgan fingerprint density at radius 1 is 1.00 bits per heavy atom. The van der Waals surface area contributed by atoms with Crippen LogP contribution in [0.1, 0.15) is 13.3 Å². The minimum absolute atomic E-state index is 0.298. The normalized spacial score (nSPS) is 10.5. The summed E-state index contributed by atoms with van der Waals surface area (Å²) in [5.41, 5.74) is 2.84. The third-order valence-corrected chi connectivity index (χ3v) is 3.11. The first-order valence-electron chi connectivity index (χ1n) is 7.47. The first-order valence-corrected chi connectivity index (χ1v) is 7.47. The molecule has 0 heterocycles. The predicted molar refractivity (Wildman–Crippen MR) is 90.9 cm³/mol. The molecule has 1 N–H and O–H groups in total. The summed E-state index contributed by atoms with van der Waals surface area (Å²) in [6.45, 7) is 1.61. The van der Waals surface area contributed by atoms with Gasteiger partial charge in [-0.2, -0.15) is 0 Å². The molecule has 2 aromatic carbocycles. The van der Waals surface area contributed by atoms with Crippen molar-refractivity contribution in [1.82, 2.24) is 0 Å². The Bertz CT molecular complexity index is 676. The molecular weight excluding hydrogens is 290 g/mol. The summed E-state index contributed by atoms with van der Waals surface area (Å²) >= 11 is 0. The molecule has 0 aliphatic carbocycles. The molecule has 4 nitrogen and oxygen atoms in total. The van der Waals surface area contributed by atoms with E-state index in [0.29, 0.717) is 5.69 Å². The van der Waals surface area contributed by atoms with Gasteiger partial charge in [-0.05, 0) is 29.7 Å². The zero-order chi connectivity index (χ0) is 16.5. The van der Waals surface area contributed by atoms with Gasteiger partial charge < -0.3 is 10.1 Å². The monoisotopic (exact) mass is 309 g/mol. The Morgan fingerprint density at radius 2 is 1.65 bits per heavy atom. The van der Waals surface area contributed by atoms with E-state index in [2.05, 4.69) is 5.32 Å². The highest BCUT2D eigenvalue weighted by molar-refractivity contribution is 5.94. The van der Waals surface area contributed by atoms with Crippen molar-refractivity contribution in [2.75, 3.05) is 11.9 Å². The summed E-state index contributed by atoms with van der Waals surface area (Å²) < 4.78 is 4.83. The van der Waals surface area contributed by atoms with E-state index in [1.807, 2.05) is 61.5 Å². The maximum atomic E-state index is 11.7. The van der Waals surface area contributed by atoms with Crippen LogP contribution in [0.4, 0.5) is 5.69 Å². The van der Waals surface area contributed by atoms with Crippen LogP contribution in [0, 0.1) is 0 Å². The van der Waals surface area contributed by atoms with E-state index in [-0.39, 0.29) is 12.5 Å². The fourth-order valence-corrected chi connectivity index (χ4v) is 1.97. The Morgan fingerprint density at radius 3 is 2.30 bits per heavy atom. The van der Waals surface area contributed by atoms with Crippen molar-refractivity contribution in [3.8, 4) is 11.1 Å². The van der Waals surface area contributed by atoms with Crippen LogP contribution in [0.3, 0.4) is 0 Å². The Labute approximate surface area is 135 Å². The van der Waals surface area contributed by atoms with Gasteiger partial charge in [0.1, 0.15) is 0 Å². The van der Waals surface area contributed by atoms with Gasteiger partial charge in [-0.3, -0.25) is 4.79 Å². The molecular formula is C19H19NO3. The standard InChI is InChI=1S/C19H19NO3/c1-2-3-9-19(22)23-14-18(21)20-17-12-10-16(11-13-17)15-7-5-4-6-8-15/h3-13H,2,14H2,1H3,(H,20,21)/b9-3+. The number of anilines is 1. The SMILES string of the molecule is CC/C=C/C(=O)OCC(=O)Nc1ccc(-c2ccccc2)cc1. The van der Waals surface area contributed by atoms with Crippen LogP contribution in [0.25, 0.3) is 11.1 Å². The fourth-order valence-electron chi connectivity index (χ4n) is 1.97. The van der Waals surface area contributed by atoms with Crippen molar-refractivity contribution < 1.29 is 14.3 Å². The third kappa shape index (κ3) is 5.43. The molecule has 0 bridgehead atoms. The third-order valence-electron chi connectivity index (χ3n) is 3.11. The first kappa shape index (κ1) is 16.5. The highest BCUT2D eigenvalue weighted by Gasteiger charge is 2.06. The largest absolute Gasteiger partial charge is 0.452 e. The summed E-state index contributed by atoms with van der Waals surface area (Å²) in [6, 6.07) is 17.5. The van der Waals surface area contributed by atoms with Crippen molar-refractivity contribution in [3.63, 3.8) is 0 Å². The van der Waals surface area contributed by atoms with Gasteiger partial charge in [0.15, 0.2) is 6.61 Å². The number of allylic oxidation sites excluding steroid dienone is 1. The summed E-state index contributed by atoms with van der Waals surface area (Å²) in [6.07, 6.45) is 3.75. The van der Waals surface area contributed by atoms with Crippen molar-refractivity contribution in [2.45, 2.75) is 13.3 Å². The highest BCUT2D eigenvalue weighted by atomic mass is 16.5. The lowest BCUT2D eigenvalue weighted by molar-refractivity contribution is -0.142. The Kier molecular flexibility index (Phi) is 6.12. The molecule has 0 saturated carbocycles. The average molecular weight is 309 g/mol. The van der Waals surface area contributed by atoms with Crippen LogP contribution in [-0.4, -0.2) is 18.5 Å². The number of hydrogen-bond donors (Lipinski definition) is 1. The van der Waals surface area contributed by atoms with E-state index in [4.69, 9.17) is 4.74 Å². The van der Waals surface area contributed by atoms with E-state index >= 15 is 0 Å². The minimum Gasteiger partial charge on any atom is -0.452 e. The smallest absolute Gasteiger partial charge is 0.330 e. The van der Waals surface area contributed by atoms with Gasteiger partial charge in [0, 0.05) is 11.8 Å². The summed E-state index contributed by atoms with van der Waals surface area (Å²) in [4.78, 5) is 23.0. The average Bonchev–Trinajstić information content (AvgIpc) is 2.59. The minimum atomic E-state index is -0.513. The van der Waals surface area contributed by atoms with Gasteiger partial charge in [0.05, 0.1) is 0 Å². The van der Waals surface area contributed by atoms with Gasteiger partial charge in [-0.15, -0.1) is 0 Å². The molecule has 118 valence electrons. The van der Waals surface area contributed by atoms with Crippen LogP contribution in [-0.2, 0) is 14.3 Å². The lowest BCUT2D eigenvalue weighted by Crippen LogP contribution is -2.20. The quantitative estimate of drug-likeness (QED) is 0.652. The summed E-state index contributed by atoms with van der Waals surface area (Å²) in [5.74, 6) is -0.878. The molecule has 0 atom stereocenters. The number of amides is 1. The molecule has 0 unspecified atom stereocenters. The maximum Gasteiger partial charge on any atom is 0.330 e. The van der Waals surface area contributed by atoms with Gasteiger partial charge in [0.25, 0.3) is 5.91 Å². The van der Waals surface area contributed by atoms with E-state index in [0.717, 1.165) is 17.5 Å². The van der Waals surface area contributed by atoms with Crippen molar-refractivity contribution >= 4 is 17.6 Å². The van der Waals surface area contributed by atoms with Crippen LogP contribution in [0.2, 0.25) is 0 Å². The summed E-state index contributed by atoms with van der Waals surface area (Å²) in [5, 5.41) is 2.69. The second-order valence-corrected chi connectivity index (χ2v) is 4.91. The highest BCUT2D eigenvalue weighted by Crippen LogP contribution is 2.20. The molecule has 0 fully saturated rings. The fraction of sp³-hybridized carbons (Fsp3) is 0.158. The Hall–Kier alpha value is -2.88. The van der Waals surface area contributed by atoms with E-state index in [1.165, 1.54) is 6.08 Å². The zero-order valence-electron chi connectivity index (χ0n) is 13.0. The van der Waals surface area contributed by atoms with Crippen LogP contribution in [0.15, 0.2) is 66.7 Å². The molecule has 4 heteroatoms. The number of rotatable bonds is 6. The molecule has 0 aromatic heterocycles. The predicted octanol–water partition coefficient (Wildman–Crippen LogP) is 3.80. The second-order valence-electron chi connectivity index (χ2n) is 4.91. The molecule has 2 aromatic rings. The lowest BCUT2D eigenvalue weighted by Gasteiger charge is -2.07. The molecule has 0 aliphatic heterocycles. The number of ether oxygens (including phenoxy) is 1. The van der Waals surface area contributed by atoms with Gasteiger partial charge in [-0.25, -0.2) is 4.79 Å². The maximum absolute atomic E-state index is 11.7. The molecule has 2 rings (SSSR count). The number of nitrogens with one attached hydrogen (secondary N) is 1. The zero-order valence-corrected chi connectivity index (χ0v) is 13.0. The molecule has 0 radical (unpaired) electrons. The Balaban J connectivity index is 1.87. The number of carbonyl (C=O) groups excluding carboxylic acids is 2. The lowest BCUT2D eigenvalue weighted by atomic mass is 10.1. The van der Waals surface area contributed by atoms with E-state index in [1.54, 1.807) is 6.08 Å². The van der Waals surface area contributed by atoms with Crippen LogP contribution < -0.4 is 5.32 Å². The molecule has 0 aliphatic rings. The topological polar surface area (TPSA) is 55.4 Å². The van der Waals surface area contributed by atoms with E-state index < -0.39 is 5.97 Å². The van der Waals surface area contributed by atoms with Crippen molar-refractivity contribution in [3.05, 3.63) is 66.7 Å². The van der Waals surface area contributed by atoms with Gasteiger partial charge in [-0.1, -0.05) is 55.5 Å². The second kappa shape index (κ2) is 8.54. The van der Waals surface area contributed by atoms with Crippen molar-refractivity contribution in [1.29, 1.82) is 0 Å². The van der Waals surface area contributed by atoms with Crippen LogP contribution >= 0.6 is 0 Å². The first-order chi connectivity index (χ1) is 11.2. The molecule has 0 spiro atoms. The molecule has 23 heavy (non-hydrogen) atoms. The summed E-state index contributed by atoms with van der Waals surface area (Å²) in [7, 11) is 0. The number of esters is 1. The number of carbonyl (C=O) groups is 2. The molecule has 1 amide bonds. The number of benzene rings is 2. The molecule has 0 saturated heterocycles. The van der Waals surface area contributed by atoms with Gasteiger partial charge in [0.2, 0.25) is 0 Å². The van der Waals surface area contributed by atoms with Crippen molar-refractivity contribution in [2.24, 2.45) is 0 Å². The van der Waals surface area contributed by atoms with Gasteiger partial charge >= 0.3 is 5.97 Å². The van der Waals surface area contributed by atoms with Crippen LogP contribution in [0.5, 0.6) is 0 Å². The van der Waals surface area contributed by atoms with E-state index in [9.17, 15) is 9.59 Å².